The molecule has 1 N–H and O–H groups in total. The third kappa shape index (κ3) is 3.40. The first-order valence-electron chi connectivity index (χ1n) is 10.5. The van der Waals surface area contributed by atoms with E-state index in [1.165, 1.54) is 0 Å². The van der Waals surface area contributed by atoms with Crippen LogP contribution in [0, 0.1) is 12.8 Å². The van der Waals surface area contributed by atoms with Crippen molar-refractivity contribution in [3.05, 3.63) is 23.0 Å². The zero-order chi connectivity index (χ0) is 21.1. The van der Waals surface area contributed by atoms with Gasteiger partial charge in [-0.3, -0.25) is 9.59 Å². The summed E-state index contributed by atoms with van der Waals surface area (Å²) in [5.41, 5.74) is 2.85. The molecule has 2 fully saturated rings. The maximum Gasteiger partial charge on any atom is 0.308 e. The summed E-state index contributed by atoms with van der Waals surface area (Å²) >= 11 is 0. The standard InChI is InChI=1S/C22H30N4O3/c1-12-18-16(20(27)25-10-6-7-15(13(25)2)21(28)29)11-17(14-8-9-14)23-19(18)26(24-12)22(3,4)5/h11,13-15H,6-10H2,1-5H3,(H,28,29)/t13-,15-/m1/s1. The zero-order valence-electron chi connectivity index (χ0n) is 17.9. The molecule has 1 amide bonds. The van der Waals surface area contributed by atoms with Crippen LogP contribution < -0.4 is 0 Å². The van der Waals surface area contributed by atoms with Crippen molar-refractivity contribution in [1.82, 2.24) is 19.7 Å². The van der Waals surface area contributed by atoms with Gasteiger partial charge in [0.15, 0.2) is 5.65 Å². The molecule has 2 atom stereocenters. The highest BCUT2D eigenvalue weighted by Crippen LogP contribution is 2.41. The first-order valence-corrected chi connectivity index (χ1v) is 10.5. The van der Waals surface area contributed by atoms with Crippen molar-refractivity contribution < 1.29 is 14.7 Å². The second-order valence-electron chi connectivity index (χ2n) is 9.56. The molecule has 3 heterocycles. The highest BCUT2D eigenvalue weighted by atomic mass is 16.4. The molecule has 1 saturated carbocycles. The van der Waals surface area contributed by atoms with Gasteiger partial charge >= 0.3 is 5.97 Å². The van der Waals surface area contributed by atoms with E-state index in [0.717, 1.165) is 35.3 Å². The number of carboxylic acids is 1. The number of likely N-dealkylation sites (tertiary alicyclic amines) is 1. The van der Waals surface area contributed by atoms with Crippen molar-refractivity contribution in [2.45, 2.75) is 77.8 Å². The maximum absolute atomic E-state index is 13.7. The number of rotatable bonds is 3. The van der Waals surface area contributed by atoms with Gasteiger partial charge in [0.25, 0.3) is 5.91 Å². The van der Waals surface area contributed by atoms with Gasteiger partial charge in [0.2, 0.25) is 0 Å². The van der Waals surface area contributed by atoms with Crippen LogP contribution in [0.15, 0.2) is 6.07 Å². The minimum absolute atomic E-state index is 0.102. The Labute approximate surface area is 171 Å². The molecule has 7 nitrogen and oxygen atoms in total. The number of hydrogen-bond donors (Lipinski definition) is 1. The van der Waals surface area contributed by atoms with Gasteiger partial charge in [-0.25, -0.2) is 9.67 Å². The lowest BCUT2D eigenvalue weighted by atomic mass is 9.89. The van der Waals surface area contributed by atoms with Crippen LogP contribution in [-0.2, 0) is 10.3 Å². The largest absolute Gasteiger partial charge is 0.481 e. The molecule has 0 radical (unpaired) electrons. The summed E-state index contributed by atoms with van der Waals surface area (Å²) in [6, 6.07) is 1.60. The number of aliphatic carboxylic acids is 1. The van der Waals surface area contributed by atoms with Crippen LogP contribution >= 0.6 is 0 Å². The van der Waals surface area contributed by atoms with Gasteiger partial charge in [-0.05, 0) is 66.4 Å². The van der Waals surface area contributed by atoms with E-state index in [2.05, 4.69) is 20.8 Å². The summed E-state index contributed by atoms with van der Waals surface area (Å²) in [4.78, 5) is 32.0. The molecule has 2 aromatic heterocycles. The lowest BCUT2D eigenvalue weighted by molar-refractivity contribution is -0.144. The molecule has 2 aromatic rings. The molecule has 4 rings (SSSR count). The summed E-state index contributed by atoms with van der Waals surface area (Å²) in [5.74, 6) is -1.05. The van der Waals surface area contributed by atoms with Gasteiger partial charge in [0.05, 0.1) is 28.1 Å². The van der Waals surface area contributed by atoms with E-state index in [-0.39, 0.29) is 17.5 Å². The van der Waals surface area contributed by atoms with Gasteiger partial charge in [-0.1, -0.05) is 0 Å². The number of carboxylic acid groups (broad SMARTS) is 1. The average Bonchev–Trinajstić information content (AvgIpc) is 3.43. The Morgan fingerprint density at radius 1 is 1.21 bits per heavy atom. The Bertz CT molecular complexity index is 984. The minimum Gasteiger partial charge on any atom is -0.481 e. The number of nitrogens with zero attached hydrogens (tertiary/aromatic N) is 4. The van der Waals surface area contributed by atoms with Gasteiger partial charge in [-0.2, -0.15) is 5.10 Å². The van der Waals surface area contributed by atoms with E-state index in [1.54, 1.807) is 4.90 Å². The SMILES string of the molecule is Cc1nn(C(C)(C)C)c2nc(C3CC3)cc(C(=O)N3CCC[C@@H](C(=O)O)[C@H]3C)c12. The van der Waals surface area contributed by atoms with Crippen molar-refractivity contribution >= 4 is 22.9 Å². The van der Waals surface area contributed by atoms with Crippen LogP contribution in [0.3, 0.4) is 0 Å². The first-order chi connectivity index (χ1) is 13.6. The van der Waals surface area contributed by atoms with E-state index in [9.17, 15) is 14.7 Å². The number of carbonyl (C=O) groups is 2. The molecule has 0 aromatic carbocycles. The summed E-state index contributed by atoms with van der Waals surface area (Å²) in [6.45, 7) is 10.6. The lowest BCUT2D eigenvalue weighted by Gasteiger charge is -2.37. The molecule has 0 bridgehead atoms. The molecular formula is C22H30N4O3. The van der Waals surface area contributed by atoms with Crippen LogP contribution in [0.5, 0.6) is 0 Å². The molecule has 0 unspecified atom stereocenters. The van der Waals surface area contributed by atoms with Gasteiger partial charge in [0, 0.05) is 24.2 Å². The van der Waals surface area contributed by atoms with Crippen molar-refractivity contribution in [2.75, 3.05) is 6.54 Å². The highest BCUT2D eigenvalue weighted by molar-refractivity contribution is 6.07. The fourth-order valence-electron chi connectivity index (χ4n) is 4.45. The Balaban J connectivity index is 1.85. The zero-order valence-corrected chi connectivity index (χ0v) is 17.9. The van der Waals surface area contributed by atoms with Crippen molar-refractivity contribution in [3.63, 3.8) is 0 Å². The summed E-state index contributed by atoms with van der Waals surface area (Å²) in [5, 5.41) is 15.1. The Morgan fingerprint density at radius 3 is 2.48 bits per heavy atom. The fraction of sp³-hybridized carbons (Fsp3) is 0.636. The molecular weight excluding hydrogens is 368 g/mol. The fourth-order valence-corrected chi connectivity index (χ4v) is 4.45. The predicted molar refractivity (Wildman–Crippen MR) is 110 cm³/mol. The van der Waals surface area contributed by atoms with Gasteiger partial charge in [-0.15, -0.1) is 0 Å². The number of piperidine rings is 1. The Morgan fingerprint density at radius 2 is 1.90 bits per heavy atom. The molecule has 1 saturated heterocycles. The monoisotopic (exact) mass is 398 g/mol. The molecule has 2 aliphatic rings. The van der Waals surface area contributed by atoms with E-state index in [4.69, 9.17) is 10.1 Å². The average molecular weight is 399 g/mol. The first kappa shape index (κ1) is 19.9. The van der Waals surface area contributed by atoms with Crippen molar-refractivity contribution in [3.8, 4) is 0 Å². The van der Waals surface area contributed by atoms with Crippen LogP contribution in [0.4, 0.5) is 0 Å². The summed E-state index contributed by atoms with van der Waals surface area (Å²) in [7, 11) is 0. The summed E-state index contributed by atoms with van der Waals surface area (Å²) in [6.07, 6.45) is 3.50. The van der Waals surface area contributed by atoms with Crippen LogP contribution in [0.2, 0.25) is 0 Å². The maximum atomic E-state index is 13.7. The van der Waals surface area contributed by atoms with E-state index >= 15 is 0 Å². The topological polar surface area (TPSA) is 88.3 Å². The Kier molecular flexibility index (Phi) is 4.67. The van der Waals surface area contributed by atoms with E-state index in [1.807, 2.05) is 24.6 Å². The molecule has 7 heteroatoms. The normalized spacial score (nSPS) is 22.9. The number of hydrogen-bond acceptors (Lipinski definition) is 4. The number of amides is 1. The van der Waals surface area contributed by atoms with Gasteiger partial charge in [0.1, 0.15) is 0 Å². The molecule has 0 spiro atoms. The number of fused-ring (bicyclic) bond motifs is 1. The number of carbonyl (C=O) groups excluding carboxylic acids is 1. The lowest BCUT2D eigenvalue weighted by Crippen LogP contribution is -2.49. The summed E-state index contributed by atoms with van der Waals surface area (Å²) < 4.78 is 1.92. The number of aryl methyl sites for hydroxylation is 1. The van der Waals surface area contributed by atoms with Crippen molar-refractivity contribution in [1.29, 1.82) is 0 Å². The Hall–Kier alpha value is -2.44. The third-order valence-corrected chi connectivity index (χ3v) is 6.26. The minimum atomic E-state index is -0.828. The molecule has 156 valence electrons. The molecule has 1 aliphatic heterocycles. The second kappa shape index (κ2) is 6.82. The molecule has 1 aliphatic carbocycles. The quantitative estimate of drug-likeness (QED) is 0.852. The number of pyridine rings is 1. The van der Waals surface area contributed by atoms with Crippen molar-refractivity contribution in [2.24, 2.45) is 5.92 Å². The van der Waals surface area contributed by atoms with E-state index in [0.29, 0.717) is 30.9 Å². The van der Waals surface area contributed by atoms with Crippen LogP contribution in [0.25, 0.3) is 11.0 Å². The second-order valence-corrected chi connectivity index (χ2v) is 9.56. The predicted octanol–water partition coefficient (Wildman–Crippen LogP) is 3.70. The molecule has 29 heavy (non-hydrogen) atoms. The highest BCUT2D eigenvalue weighted by Gasteiger charge is 2.37. The van der Waals surface area contributed by atoms with Crippen LogP contribution in [0.1, 0.15) is 81.0 Å². The van der Waals surface area contributed by atoms with Crippen LogP contribution in [-0.4, -0.2) is 49.2 Å². The third-order valence-electron chi connectivity index (χ3n) is 6.26. The van der Waals surface area contributed by atoms with Gasteiger partial charge < -0.3 is 10.0 Å². The number of aromatic nitrogens is 3. The van der Waals surface area contributed by atoms with E-state index < -0.39 is 11.9 Å². The smallest absolute Gasteiger partial charge is 0.308 e.